The van der Waals surface area contributed by atoms with Gasteiger partial charge < -0.3 is 16.0 Å². The van der Waals surface area contributed by atoms with Crippen molar-refractivity contribution < 1.29 is 9.59 Å². The highest BCUT2D eigenvalue weighted by Gasteiger charge is 2.23. The number of nitrogens with one attached hydrogen (secondary N) is 1. The van der Waals surface area contributed by atoms with Crippen LogP contribution in [0.4, 0.5) is 11.4 Å². The van der Waals surface area contributed by atoms with Gasteiger partial charge in [-0.25, -0.2) is 4.68 Å². The SMILES string of the molecule is NC(=O)C1CCN(c2ccc(NC(=O)Cn3nnc4ccccc4c3=O)cc2)CC1. The zero-order valence-electron chi connectivity index (χ0n) is 16.3. The number of benzene rings is 2. The Bertz CT molecular complexity index is 1130. The van der Waals surface area contributed by atoms with E-state index >= 15 is 0 Å². The molecular formula is C21H22N6O3. The number of primary amides is 1. The molecule has 3 aromatic rings. The van der Waals surface area contributed by atoms with E-state index in [2.05, 4.69) is 20.5 Å². The molecule has 0 radical (unpaired) electrons. The van der Waals surface area contributed by atoms with Crippen molar-refractivity contribution in [3.8, 4) is 0 Å². The molecule has 9 heteroatoms. The topological polar surface area (TPSA) is 123 Å². The second-order valence-corrected chi connectivity index (χ2v) is 7.33. The number of carbonyl (C=O) groups is 2. The molecule has 0 unspecified atom stereocenters. The zero-order chi connectivity index (χ0) is 21.1. The summed E-state index contributed by atoms with van der Waals surface area (Å²) >= 11 is 0. The van der Waals surface area contributed by atoms with Gasteiger partial charge in [-0.2, -0.15) is 0 Å². The lowest BCUT2D eigenvalue weighted by Gasteiger charge is -2.32. The molecule has 9 nitrogen and oxygen atoms in total. The van der Waals surface area contributed by atoms with E-state index in [1.165, 1.54) is 0 Å². The maximum atomic E-state index is 12.4. The van der Waals surface area contributed by atoms with Crippen LogP contribution in [0.25, 0.3) is 10.9 Å². The molecule has 0 spiro atoms. The molecule has 0 atom stereocenters. The largest absolute Gasteiger partial charge is 0.371 e. The highest BCUT2D eigenvalue weighted by atomic mass is 16.2. The molecule has 1 fully saturated rings. The molecule has 1 aliphatic rings. The van der Waals surface area contributed by atoms with E-state index < -0.39 is 0 Å². The molecule has 0 aliphatic carbocycles. The van der Waals surface area contributed by atoms with Gasteiger partial charge >= 0.3 is 0 Å². The minimum absolute atomic E-state index is 0.0542. The van der Waals surface area contributed by atoms with Gasteiger partial charge in [0, 0.05) is 30.4 Å². The third-order valence-electron chi connectivity index (χ3n) is 5.34. The summed E-state index contributed by atoms with van der Waals surface area (Å²) in [4.78, 5) is 38.3. The van der Waals surface area contributed by atoms with Crippen molar-refractivity contribution in [3.05, 3.63) is 58.9 Å². The number of hydrogen-bond acceptors (Lipinski definition) is 6. The maximum absolute atomic E-state index is 12.4. The van der Waals surface area contributed by atoms with E-state index in [0.29, 0.717) is 16.6 Å². The fraction of sp³-hybridized carbons (Fsp3) is 0.286. The predicted molar refractivity (Wildman–Crippen MR) is 113 cm³/mol. The van der Waals surface area contributed by atoms with Gasteiger partial charge in [0.15, 0.2) is 0 Å². The average Bonchev–Trinajstić information content (AvgIpc) is 2.76. The Morgan fingerprint density at radius 3 is 2.47 bits per heavy atom. The molecule has 4 rings (SSSR count). The molecule has 154 valence electrons. The molecule has 1 aliphatic heterocycles. The van der Waals surface area contributed by atoms with Crippen molar-refractivity contribution in [3.63, 3.8) is 0 Å². The minimum Gasteiger partial charge on any atom is -0.371 e. The molecular weight excluding hydrogens is 384 g/mol. The molecule has 2 amide bonds. The molecule has 2 aromatic carbocycles. The number of nitrogens with two attached hydrogens (primary N) is 1. The lowest BCUT2D eigenvalue weighted by molar-refractivity contribution is -0.122. The first-order valence-electron chi connectivity index (χ1n) is 9.78. The van der Waals surface area contributed by atoms with Gasteiger partial charge in [0.05, 0.1) is 5.39 Å². The summed E-state index contributed by atoms with van der Waals surface area (Å²) < 4.78 is 1.05. The second kappa shape index (κ2) is 8.32. The van der Waals surface area contributed by atoms with Crippen molar-refractivity contribution in [1.82, 2.24) is 15.0 Å². The van der Waals surface area contributed by atoms with Crippen LogP contribution in [0.1, 0.15) is 12.8 Å². The first kappa shape index (κ1) is 19.6. The van der Waals surface area contributed by atoms with Crippen molar-refractivity contribution in [2.75, 3.05) is 23.3 Å². The van der Waals surface area contributed by atoms with Crippen LogP contribution in [-0.4, -0.2) is 39.9 Å². The van der Waals surface area contributed by atoms with Gasteiger partial charge in [-0.3, -0.25) is 14.4 Å². The van der Waals surface area contributed by atoms with Crippen LogP contribution >= 0.6 is 0 Å². The van der Waals surface area contributed by atoms with Gasteiger partial charge in [-0.05, 0) is 49.2 Å². The number of amides is 2. The Morgan fingerprint density at radius 2 is 1.77 bits per heavy atom. The predicted octanol–water partition coefficient (Wildman–Crippen LogP) is 1.13. The van der Waals surface area contributed by atoms with Crippen molar-refractivity contribution >= 4 is 34.1 Å². The normalized spacial score (nSPS) is 14.6. The first-order chi connectivity index (χ1) is 14.5. The Morgan fingerprint density at radius 1 is 1.07 bits per heavy atom. The van der Waals surface area contributed by atoms with Crippen LogP contribution < -0.4 is 21.5 Å². The monoisotopic (exact) mass is 406 g/mol. The quantitative estimate of drug-likeness (QED) is 0.655. The molecule has 2 heterocycles. The molecule has 1 saturated heterocycles. The van der Waals surface area contributed by atoms with E-state index in [0.717, 1.165) is 36.3 Å². The third kappa shape index (κ3) is 4.14. The van der Waals surface area contributed by atoms with Gasteiger partial charge in [-0.15, -0.1) is 5.10 Å². The van der Waals surface area contributed by atoms with Crippen molar-refractivity contribution in [2.45, 2.75) is 19.4 Å². The molecule has 0 saturated carbocycles. The number of aromatic nitrogens is 3. The highest BCUT2D eigenvalue weighted by Crippen LogP contribution is 2.24. The fourth-order valence-electron chi connectivity index (χ4n) is 3.64. The summed E-state index contributed by atoms with van der Waals surface area (Å²) in [6.07, 6.45) is 1.49. The standard InChI is InChI=1S/C21H22N6O3/c22-20(29)14-9-11-26(12-10-14)16-7-5-15(6-8-16)23-19(28)13-27-21(30)17-3-1-2-4-18(17)24-25-27/h1-8,14H,9-13H2,(H2,22,29)(H,23,28). The van der Waals surface area contributed by atoms with Crippen molar-refractivity contribution in [1.29, 1.82) is 0 Å². The van der Waals surface area contributed by atoms with Gasteiger partial charge in [0.1, 0.15) is 12.1 Å². The highest BCUT2D eigenvalue weighted by molar-refractivity contribution is 5.90. The van der Waals surface area contributed by atoms with Gasteiger partial charge in [0.2, 0.25) is 11.8 Å². The molecule has 0 bridgehead atoms. The van der Waals surface area contributed by atoms with Crippen LogP contribution in [0.15, 0.2) is 53.3 Å². The van der Waals surface area contributed by atoms with Crippen molar-refractivity contribution in [2.24, 2.45) is 11.7 Å². The Labute approximate surface area is 172 Å². The summed E-state index contributed by atoms with van der Waals surface area (Å²) in [5, 5.41) is 11.0. The number of nitrogens with zero attached hydrogens (tertiary/aromatic N) is 4. The van der Waals surface area contributed by atoms with E-state index in [9.17, 15) is 14.4 Å². The fourth-order valence-corrected chi connectivity index (χ4v) is 3.64. The van der Waals surface area contributed by atoms with Crippen LogP contribution in [0.2, 0.25) is 0 Å². The smallest absolute Gasteiger partial charge is 0.278 e. The second-order valence-electron chi connectivity index (χ2n) is 7.33. The van der Waals surface area contributed by atoms with Crippen LogP contribution in [0, 0.1) is 5.92 Å². The summed E-state index contributed by atoms with van der Waals surface area (Å²) in [5.74, 6) is -0.652. The summed E-state index contributed by atoms with van der Waals surface area (Å²) in [6, 6.07) is 14.3. The average molecular weight is 406 g/mol. The third-order valence-corrected chi connectivity index (χ3v) is 5.34. The Kier molecular flexibility index (Phi) is 5.42. The summed E-state index contributed by atoms with van der Waals surface area (Å²) in [7, 11) is 0. The summed E-state index contributed by atoms with van der Waals surface area (Å²) in [5.41, 5.74) is 7.16. The van der Waals surface area contributed by atoms with E-state index in [4.69, 9.17) is 5.73 Å². The zero-order valence-corrected chi connectivity index (χ0v) is 16.3. The maximum Gasteiger partial charge on any atom is 0.278 e. The van der Waals surface area contributed by atoms with E-state index in [-0.39, 0.29) is 29.8 Å². The van der Waals surface area contributed by atoms with E-state index in [1.807, 2.05) is 24.3 Å². The number of carbonyl (C=O) groups excluding carboxylic acids is 2. The Hall–Kier alpha value is -3.75. The lowest BCUT2D eigenvalue weighted by Crippen LogP contribution is -2.38. The van der Waals surface area contributed by atoms with Gasteiger partial charge in [0.25, 0.3) is 5.56 Å². The first-order valence-corrected chi connectivity index (χ1v) is 9.78. The van der Waals surface area contributed by atoms with E-state index in [1.54, 1.807) is 24.3 Å². The number of fused-ring (bicyclic) bond motifs is 1. The molecule has 1 aromatic heterocycles. The number of hydrogen-bond donors (Lipinski definition) is 2. The Balaban J connectivity index is 1.38. The minimum atomic E-state index is -0.364. The number of rotatable bonds is 5. The van der Waals surface area contributed by atoms with Crippen LogP contribution in [-0.2, 0) is 16.1 Å². The summed E-state index contributed by atoms with van der Waals surface area (Å²) in [6.45, 7) is 1.31. The van der Waals surface area contributed by atoms with Crippen LogP contribution in [0.5, 0.6) is 0 Å². The number of anilines is 2. The van der Waals surface area contributed by atoms with Crippen LogP contribution in [0.3, 0.4) is 0 Å². The number of piperidine rings is 1. The lowest BCUT2D eigenvalue weighted by atomic mass is 9.96. The van der Waals surface area contributed by atoms with Gasteiger partial charge in [-0.1, -0.05) is 17.3 Å². The molecule has 3 N–H and O–H groups in total. The molecule has 30 heavy (non-hydrogen) atoms.